The van der Waals surface area contributed by atoms with Crippen LogP contribution in [0.15, 0.2) is 0 Å². The fourth-order valence-electron chi connectivity index (χ4n) is 6.42. The van der Waals surface area contributed by atoms with Gasteiger partial charge in [-0.2, -0.15) is 0 Å². The molecular weight excluding hydrogens is 314 g/mol. The molecule has 2 amide bonds. The van der Waals surface area contributed by atoms with Crippen molar-refractivity contribution in [2.45, 2.75) is 58.3 Å². The van der Waals surface area contributed by atoms with Crippen LogP contribution >= 0.6 is 0 Å². The van der Waals surface area contributed by atoms with Crippen LogP contribution in [0.3, 0.4) is 0 Å². The van der Waals surface area contributed by atoms with E-state index in [0.717, 1.165) is 56.5 Å². The molecule has 4 bridgehead atoms. The minimum Gasteiger partial charge on any atom is -0.355 e. The molecule has 4 saturated carbocycles. The van der Waals surface area contributed by atoms with E-state index >= 15 is 0 Å². The van der Waals surface area contributed by atoms with Crippen molar-refractivity contribution in [3.8, 4) is 0 Å². The van der Waals surface area contributed by atoms with E-state index in [1.54, 1.807) is 0 Å². The van der Waals surface area contributed by atoms with Crippen molar-refractivity contribution < 1.29 is 9.59 Å². The normalized spacial score (nSPS) is 42.0. The molecule has 5 rings (SSSR count). The summed E-state index contributed by atoms with van der Waals surface area (Å²) in [6, 6.07) is 0. The number of nitrogens with two attached hydrogens (primary N) is 1. The highest BCUT2D eigenvalue weighted by Gasteiger charge is 2.54. The maximum absolute atomic E-state index is 12.9. The van der Waals surface area contributed by atoms with Crippen LogP contribution in [0.1, 0.15) is 58.3 Å². The second-order valence-corrected chi connectivity index (χ2v) is 9.78. The number of carbonyl (C=O) groups excluding carboxylic acids is 2. The third kappa shape index (κ3) is 3.20. The Bertz CT molecular complexity index is 526. The molecule has 3 N–H and O–H groups in total. The first kappa shape index (κ1) is 17.3. The minimum atomic E-state index is -0.108. The molecule has 0 aromatic heterocycles. The molecule has 1 saturated heterocycles. The summed E-state index contributed by atoms with van der Waals surface area (Å²) in [5.41, 5.74) is 5.78. The minimum absolute atomic E-state index is 0.0676. The van der Waals surface area contributed by atoms with Crippen LogP contribution < -0.4 is 11.1 Å². The molecule has 140 valence electrons. The number of amides is 2. The highest BCUT2D eigenvalue weighted by Crippen LogP contribution is 2.60. The lowest BCUT2D eigenvalue weighted by atomic mass is 9.49. The van der Waals surface area contributed by atoms with Crippen LogP contribution in [0, 0.1) is 28.6 Å². The molecule has 5 heteroatoms. The Labute approximate surface area is 151 Å². The van der Waals surface area contributed by atoms with E-state index in [1.807, 2.05) is 4.90 Å². The summed E-state index contributed by atoms with van der Waals surface area (Å²) in [7, 11) is 0. The molecule has 1 heterocycles. The second-order valence-electron chi connectivity index (χ2n) is 9.78. The first-order chi connectivity index (χ1) is 11.9. The van der Waals surface area contributed by atoms with Gasteiger partial charge in [0.05, 0.1) is 0 Å². The van der Waals surface area contributed by atoms with Crippen molar-refractivity contribution >= 4 is 11.8 Å². The molecule has 25 heavy (non-hydrogen) atoms. The van der Waals surface area contributed by atoms with E-state index in [1.165, 1.54) is 19.3 Å². The van der Waals surface area contributed by atoms with Crippen molar-refractivity contribution in [2.75, 3.05) is 26.2 Å². The fraction of sp³-hybridized carbons (Fsp3) is 0.900. The number of hydrogen-bond donors (Lipinski definition) is 2. The first-order valence-electron chi connectivity index (χ1n) is 10.2. The Hall–Kier alpha value is -1.10. The summed E-state index contributed by atoms with van der Waals surface area (Å²) in [6.45, 7) is 4.81. The molecule has 5 aliphatic rings. The van der Waals surface area contributed by atoms with Crippen molar-refractivity contribution in [3.05, 3.63) is 0 Å². The van der Waals surface area contributed by atoms with Crippen LogP contribution in [-0.4, -0.2) is 42.9 Å². The lowest BCUT2D eigenvalue weighted by Crippen LogP contribution is -2.53. The van der Waals surface area contributed by atoms with Crippen LogP contribution in [0.25, 0.3) is 0 Å². The number of nitrogens with zero attached hydrogens (tertiary/aromatic N) is 1. The van der Waals surface area contributed by atoms with E-state index in [4.69, 9.17) is 5.73 Å². The van der Waals surface area contributed by atoms with Gasteiger partial charge in [0.15, 0.2) is 0 Å². The summed E-state index contributed by atoms with van der Waals surface area (Å²) >= 11 is 0. The van der Waals surface area contributed by atoms with Crippen molar-refractivity contribution in [2.24, 2.45) is 34.3 Å². The van der Waals surface area contributed by atoms with Gasteiger partial charge in [0, 0.05) is 31.5 Å². The second kappa shape index (κ2) is 6.26. The average molecular weight is 348 g/mol. The zero-order valence-corrected chi connectivity index (χ0v) is 15.6. The summed E-state index contributed by atoms with van der Waals surface area (Å²) in [5.74, 6) is 2.71. The van der Waals surface area contributed by atoms with Gasteiger partial charge in [0.2, 0.25) is 11.8 Å². The van der Waals surface area contributed by atoms with E-state index in [0.29, 0.717) is 19.5 Å². The Morgan fingerprint density at radius 3 is 2.24 bits per heavy atom. The summed E-state index contributed by atoms with van der Waals surface area (Å²) in [4.78, 5) is 27.2. The van der Waals surface area contributed by atoms with Crippen molar-refractivity contribution in [1.82, 2.24) is 10.2 Å². The number of rotatable bonds is 5. The van der Waals surface area contributed by atoms with Gasteiger partial charge >= 0.3 is 0 Å². The maximum Gasteiger partial charge on any atom is 0.226 e. The maximum atomic E-state index is 12.9. The zero-order valence-electron chi connectivity index (χ0n) is 15.6. The van der Waals surface area contributed by atoms with Gasteiger partial charge in [-0.15, -0.1) is 0 Å². The Kier molecular flexibility index (Phi) is 4.33. The first-order valence-corrected chi connectivity index (χ1v) is 10.2. The topological polar surface area (TPSA) is 75.4 Å². The molecule has 0 aromatic rings. The predicted octanol–water partition coefficient (Wildman–Crippen LogP) is 1.91. The van der Waals surface area contributed by atoms with Crippen molar-refractivity contribution in [3.63, 3.8) is 0 Å². The monoisotopic (exact) mass is 347 g/mol. The molecule has 1 atom stereocenters. The highest BCUT2D eigenvalue weighted by atomic mass is 16.2. The van der Waals surface area contributed by atoms with Gasteiger partial charge in [-0.1, -0.05) is 6.92 Å². The van der Waals surface area contributed by atoms with Crippen molar-refractivity contribution in [1.29, 1.82) is 0 Å². The van der Waals surface area contributed by atoms with E-state index in [9.17, 15) is 9.59 Å². The molecule has 1 aliphatic heterocycles. The Morgan fingerprint density at radius 1 is 1.12 bits per heavy atom. The van der Waals surface area contributed by atoms with Gasteiger partial charge in [0.25, 0.3) is 0 Å². The van der Waals surface area contributed by atoms with Crippen LogP contribution in [0.4, 0.5) is 0 Å². The van der Waals surface area contributed by atoms with Crippen LogP contribution in [-0.2, 0) is 9.59 Å². The molecule has 1 unspecified atom stereocenters. The quantitative estimate of drug-likeness (QED) is 0.798. The van der Waals surface area contributed by atoms with E-state index in [-0.39, 0.29) is 22.6 Å². The predicted molar refractivity (Wildman–Crippen MR) is 96.6 cm³/mol. The lowest BCUT2D eigenvalue weighted by Gasteiger charge is -2.55. The Morgan fingerprint density at radius 2 is 1.72 bits per heavy atom. The molecular formula is C20H33N3O2. The summed E-state index contributed by atoms with van der Waals surface area (Å²) < 4.78 is 0. The average Bonchev–Trinajstić information content (AvgIpc) is 2.97. The zero-order chi connectivity index (χ0) is 17.7. The Balaban J connectivity index is 1.26. The summed E-state index contributed by atoms with van der Waals surface area (Å²) in [6.07, 6.45) is 8.69. The van der Waals surface area contributed by atoms with Gasteiger partial charge in [-0.3, -0.25) is 9.59 Å². The van der Waals surface area contributed by atoms with E-state index in [2.05, 4.69) is 12.2 Å². The third-order valence-corrected chi connectivity index (χ3v) is 7.55. The standard InChI is InChI=1S/C20H33N3O2/c1-19(12-21)3-5-23(13-19)17(24)2-4-22-18(25)20-9-14-6-15(10-20)8-16(7-14)11-20/h14-16H,2-13,21H2,1H3,(H,22,25). The van der Waals surface area contributed by atoms with Gasteiger partial charge in [-0.05, 0) is 74.7 Å². The van der Waals surface area contributed by atoms with Crippen LogP contribution in [0.2, 0.25) is 0 Å². The largest absolute Gasteiger partial charge is 0.355 e. The van der Waals surface area contributed by atoms with Crippen LogP contribution in [0.5, 0.6) is 0 Å². The molecule has 0 spiro atoms. The fourth-order valence-corrected chi connectivity index (χ4v) is 6.42. The summed E-state index contributed by atoms with van der Waals surface area (Å²) in [5, 5.41) is 3.12. The van der Waals surface area contributed by atoms with Gasteiger partial charge in [0.1, 0.15) is 0 Å². The van der Waals surface area contributed by atoms with E-state index < -0.39 is 0 Å². The number of hydrogen-bond acceptors (Lipinski definition) is 3. The highest BCUT2D eigenvalue weighted by molar-refractivity contribution is 5.84. The SMILES string of the molecule is CC1(CN)CCN(C(=O)CCNC(=O)C23CC4CC(CC(C4)C2)C3)C1. The number of carbonyl (C=O) groups is 2. The molecule has 5 fully saturated rings. The van der Waals surface area contributed by atoms with Gasteiger partial charge < -0.3 is 16.0 Å². The molecule has 0 radical (unpaired) electrons. The van der Waals surface area contributed by atoms with Gasteiger partial charge in [-0.25, -0.2) is 0 Å². The number of likely N-dealkylation sites (tertiary alicyclic amines) is 1. The molecule has 4 aliphatic carbocycles. The molecule has 5 nitrogen and oxygen atoms in total. The smallest absolute Gasteiger partial charge is 0.226 e. The molecule has 0 aromatic carbocycles. The lowest BCUT2D eigenvalue weighted by molar-refractivity contribution is -0.146. The third-order valence-electron chi connectivity index (χ3n) is 7.55. The number of nitrogens with one attached hydrogen (secondary N) is 1.